The van der Waals surface area contributed by atoms with E-state index in [1.54, 1.807) is 16.4 Å². The summed E-state index contributed by atoms with van der Waals surface area (Å²) in [4.78, 5) is 15.6. The second-order valence-electron chi connectivity index (χ2n) is 9.38. The Hall–Kier alpha value is -2.38. The van der Waals surface area contributed by atoms with Gasteiger partial charge in [-0.2, -0.15) is 4.31 Å². The van der Waals surface area contributed by atoms with Crippen LogP contribution in [-0.4, -0.2) is 55.3 Å². The minimum Gasteiger partial charge on any atom is -0.488 e. The van der Waals surface area contributed by atoms with Crippen molar-refractivity contribution >= 4 is 15.9 Å². The zero-order valence-electron chi connectivity index (χ0n) is 20.3. The molecule has 7 heteroatoms. The summed E-state index contributed by atoms with van der Waals surface area (Å²) >= 11 is 0. The smallest absolute Gasteiger partial charge is 0.257 e. The van der Waals surface area contributed by atoms with Gasteiger partial charge in [0.25, 0.3) is 5.91 Å². The summed E-state index contributed by atoms with van der Waals surface area (Å²) in [7, 11) is -3.69. The first-order chi connectivity index (χ1) is 16.4. The number of amides is 1. The van der Waals surface area contributed by atoms with Crippen molar-refractivity contribution in [2.75, 3.05) is 19.6 Å². The number of ether oxygens (including phenoxy) is 1. The molecule has 2 aromatic carbocycles. The fourth-order valence-electron chi connectivity index (χ4n) is 5.22. The van der Waals surface area contributed by atoms with Gasteiger partial charge in [0.2, 0.25) is 10.0 Å². The van der Waals surface area contributed by atoms with Gasteiger partial charge >= 0.3 is 0 Å². The predicted molar refractivity (Wildman–Crippen MR) is 134 cm³/mol. The molecule has 1 aliphatic heterocycles. The number of aryl methyl sites for hydroxylation is 1. The first-order valence-corrected chi connectivity index (χ1v) is 14.0. The summed E-state index contributed by atoms with van der Waals surface area (Å²) in [5.74, 6) is 0.550. The van der Waals surface area contributed by atoms with E-state index in [1.807, 2.05) is 48.2 Å². The van der Waals surface area contributed by atoms with Gasteiger partial charge in [0.15, 0.2) is 0 Å². The highest BCUT2D eigenvalue weighted by Crippen LogP contribution is 2.34. The molecule has 0 unspecified atom stereocenters. The van der Waals surface area contributed by atoms with E-state index in [1.165, 1.54) is 0 Å². The van der Waals surface area contributed by atoms with Crippen molar-refractivity contribution < 1.29 is 17.9 Å². The van der Waals surface area contributed by atoms with Gasteiger partial charge in [0, 0.05) is 19.6 Å². The van der Waals surface area contributed by atoms with Crippen molar-refractivity contribution in [2.45, 2.75) is 75.8 Å². The monoisotopic (exact) mass is 484 g/mol. The standard InChI is InChI=1S/C27H36N2O4S/c1-3-18-28-19-10-11-20-29(34(31,32)26-17-9-4-12-21(26)2)23-14-6-8-16-25(23)33-24-15-7-5-13-22(24)27(28)30/h4-5,7,9,12-13,15,17,23,25H,3,6,8,10-11,14,16,18-20H2,1-2H3/t23-,25+/m1/s1. The fourth-order valence-corrected chi connectivity index (χ4v) is 7.16. The Morgan fingerprint density at radius 3 is 2.44 bits per heavy atom. The molecule has 0 aromatic heterocycles. The molecule has 0 bridgehead atoms. The second kappa shape index (κ2) is 10.9. The molecule has 1 heterocycles. The van der Waals surface area contributed by atoms with Crippen molar-refractivity contribution in [3.63, 3.8) is 0 Å². The number of nitrogens with zero attached hydrogens (tertiary/aromatic N) is 2. The number of sulfonamides is 1. The molecule has 6 nitrogen and oxygen atoms in total. The van der Waals surface area contributed by atoms with E-state index in [-0.39, 0.29) is 18.1 Å². The van der Waals surface area contributed by atoms with E-state index in [0.717, 1.165) is 44.1 Å². The number of para-hydroxylation sites is 1. The molecule has 2 aromatic rings. The molecular formula is C27H36N2O4S. The predicted octanol–water partition coefficient (Wildman–Crippen LogP) is 5.02. The molecule has 1 fully saturated rings. The maximum atomic E-state index is 14.0. The number of carbonyl (C=O) groups is 1. The molecule has 0 spiro atoms. The highest BCUT2D eigenvalue weighted by Gasteiger charge is 2.39. The number of hydrogen-bond donors (Lipinski definition) is 0. The lowest BCUT2D eigenvalue weighted by Crippen LogP contribution is -2.51. The Bertz CT molecular complexity index is 1100. The molecule has 1 saturated carbocycles. The van der Waals surface area contributed by atoms with Crippen LogP contribution in [0, 0.1) is 6.92 Å². The van der Waals surface area contributed by atoms with Crippen LogP contribution in [0.15, 0.2) is 53.4 Å². The Labute approximate surface area is 204 Å². The maximum Gasteiger partial charge on any atom is 0.257 e. The SMILES string of the molecule is CCCN1CCCCN(S(=O)(=O)c2ccccc2C)[C@@H]2CCCC[C@@H]2Oc2ccccc2C1=O. The Kier molecular flexibility index (Phi) is 7.94. The molecular weight excluding hydrogens is 448 g/mol. The largest absolute Gasteiger partial charge is 0.488 e. The van der Waals surface area contributed by atoms with Gasteiger partial charge in [0.1, 0.15) is 11.9 Å². The normalized spacial score (nSPS) is 22.6. The Morgan fingerprint density at radius 2 is 1.65 bits per heavy atom. The summed E-state index contributed by atoms with van der Waals surface area (Å²) in [5.41, 5.74) is 1.32. The second-order valence-corrected chi connectivity index (χ2v) is 11.2. The van der Waals surface area contributed by atoms with E-state index in [4.69, 9.17) is 4.74 Å². The van der Waals surface area contributed by atoms with Crippen molar-refractivity contribution in [3.05, 3.63) is 59.7 Å². The lowest BCUT2D eigenvalue weighted by molar-refractivity contribution is 0.0636. The lowest BCUT2D eigenvalue weighted by Gasteiger charge is -2.40. The third-order valence-electron chi connectivity index (χ3n) is 6.95. The zero-order chi connectivity index (χ0) is 24.1. The molecule has 0 saturated heterocycles. The Morgan fingerprint density at radius 1 is 0.941 bits per heavy atom. The highest BCUT2D eigenvalue weighted by molar-refractivity contribution is 7.89. The third-order valence-corrected chi connectivity index (χ3v) is 9.04. The average molecular weight is 485 g/mol. The summed E-state index contributed by atoms with van der Waals surface area (Å²) in [6, 6.07) is 14.4. The first kappa shape index (κ1) is 24.7. The number of fused-ring (bicyclic) bond motifs is 2. The Balaban J connectivity index is 1.75. The van der Waals surface area contributed by atoms with Crippen LogP contribution in [-0.2, 0) is 10.0 Å². The summed E-state index contributed by atoms with van der Waals surface area (Å²) in [5, 5.41) is 0. The van der Waals surface area contributed by atoms with Crippen molar-refractivity contribution in [1.29, 1.82) is 0 Å². The average Bonchev–Trinajstić information content (AvgIpc) is 2.83. The topological polar surface area (TPSA) is 66.9 Å². The van der Waals surface area contributed by atoms with Crippen LogP contribution in [0.4, 0.5) is 0 Å². The quantitative estimate of drug-likeness (QED) is 0.611. The molecule has 4 rings (SSSR count). The zero-order valence-corrected chi connectivity index (χ0v) is 21.1. The van der Waals surface area contributed by atoms with Gasteiger partial charge in [-0.05, 0) is 69.2 Å². The molecule has 184 valence electrons. The summed E-state index contributed by atoms with van der Waals surface area (Å²) < 4.78 is 36.1. The van der Waals surface area contributed by atoms with Crippen LogP contribution >= 0.6 is 0 Å². The lowest BCUT2D eigenvalue weighted by atomic mass is 9.92. The van der Waals surface area contributed by atoms with Gasteiger partial charge in [-0.25, -0.2) is 8.42 Å². The summed E-state index contributed by atoms with van der Waals surface area (Å²) in [6.07, 6.45) is 5.51. The van der Waals surface area contributed by atoms with Crippen LogP contribution in [0.2, 0.25) is 0 Å². The van der Waals surface area contributed by atoms with Crippen LogP contribution in [0.5, 0.6) is 5.75 Å². The summed E-state index contributed by atoms with van der Waals surface area (Å²) in [6.45, 7) is 5.62. The molecule has 1 amide bonds. The van der Waals surface area contributed by atoms with E-state index in [0.29, 0.717) is 42.3 Å². The van der Waals surface area contributed by atoms with E-state index in [2.05, 4.69) is 6.92 Å². The molecule has 2 atom stereocenters. The van der Waals surface area contributed by atoms with Crippen LogP contribution in [0.1, 0.15) is 67.8 Å². The van der Waals surface area contributed by atoms with Gasteiger partial charge in [-0.3, -0.25) is 4.79 Å². The molecule has 34 heavy (non-hydrogen) atoms. The first-order valence-electron chi connectivity index (χ1n) is 12.6. The van der Waals surface area contributed by atoms with E-state index >= 15 is 0 Å². The van der Waals surface area contributed by atoms with Crippen molar-refractivity contribution in [2.24, 2.45) is 0 Å². The number of hydrogen-bond acceptors (Lipinski definition) is 4. The minimum atomic E-state index is -3.69. The van der Waals surface area contributed by atoms with E-state index < -0.39 is 10.0 Å². The van der Waals surface area contributed by atoms with Gasteiger partial charge in [-0.1, -0.05) is 43.7 Å². The highest BCUT2D eigenvalue weighted by atomic mass is 32.2. The fraction of sp³-hybridized carbons (Fsp3) is 0.519. The van der Waals surface area contributed by atoms with Gasteiger partial charge < -0.3 is 9.64 Å². The van der Waals surface area contributed by atoms with Gasteiger partial charge in [0.05, 0.1) is 16.5 Å². The molecule has 1 aliphatic carbocycles. The van der Waals surface area contributed by atoms with Gasteiger partial charge in [-0.15, -0.1) is 0 Å². The van der Waals surface area contributed by atoms with Crippen LogP contribution < -0.4 is 4.74 Å². The van der Waals surface area contributed by atoms with Crippen LogP contribution in [0.25, 0.3) is 0 Å². The van der Waals surface area contributed by atoms with Crippen LogP contribution in [0.3, 0.4) is 0 Å². The number of carbonyl (C=O) groups excluding carboxylic acids is 1. The molecule has 2 aliphatic rings. The number of benzene rings is 2. The third kappa shape index (κ3) is 5.15. The van der Waals surface area contributed by atoms with E-state index in [9.17, 15) is 13.2 Å². The van der Waals surface area contributed by atoms with Crippen molar-refractivity contribution in [3.8, 4) is 5.75 Å². The molecule has 0 N–H and O–H groups in total. The molecule has 0 radical (unpaired) electrons. The number of rotatable bonds is 4. The maximum absolute atomic E-state index is 14.0. The van der Waals surface area contributed by atoms with Crippen molar-refractivity contribution in [1.82, 2.24) is 9.21 Å². The minimum absolute atomic E-state index is 0.00484.